The van der Waals surface area contributed by atoms with Crippen molar-refractivity contribution in [3.05, 3.63) is 20.8 Å². The molecule has 0 aromatic carbocycles. The van der Waals surface area contributed by atoms with Gasteiger partial charge in [-0.2, -0.15) is 20.7 Å². The molecule has 0 saturated heterocycles. The summed E-state index contributed by atoms with van der Waals surface area (Å²) in [6.45, 7) is 21.2. The first-order valence-electron chi connectivity index (χ1n) is 16.5. The number of rotatable bonds is 21. The summed E-state index contributed by atoms with van der Waals surface area (Å²) in [5.74, 6) is 0. The van der Waals surface area contributed by atoms with Gasteiger partial charge < -0.3 is 20.8 Å². The Kier molecular flexibility index (Phi) is 82.6. The predicted octanol–water partition coefficient (Wildman–Crippen LogP) is 15.5. The molecule has 1 unspecified atom stereocenters. The van der Waals surface area contributed by atoms with Gasteiger partial charge in [0, 0.05) is 18.6 Å². The Morgan fingerprint density at radius 3 is 0.895 bits per heavy atom. The largest absolute Gasteiger partial charge is 0.358 e. The average molecular weight is 583 g/mol. The maximum atomic E-state index is 6.10. The summed E-state index contributed by atoms with van der Waals surface area (Å²) in [6.07, 6.45) is 33.8. The summed E-state index contributed by atoms with van der Waals surface area (Å²) in [6, 6.07) is 0. The van der Waals surface area contributed by atoms with Crippen molar-refractivity contribution in [3.63, 3.8) is 0 Å². The fraction of sp³-hybridized carbons (Fsp3) is 0.919. The van der Waals surface area contributed by atoms with Crippen LogP contribution in [0, 0.1) is 26.2 Å². The fourth-order valence-corrected chi connectivity index (χ4v) is 4.37. The molecule has 0 N–H and O–H groups in total. The molecule has 241 valence electrons. The minimum absolute atomic E-state index is 0. The van der Waals surface area contributed by atoms with Gasteiger partial charge in [0.05, 0.1) is 0 Å². The number of hydrogen-bond acceptors (Lipinski definition) is 0. The van der Waals surface area contributed by atoms with Crippen LogP contribution in [-0.2, 0) is 18.6 Å². The van der Waals surface area contributed by atoms with Crippen LogP contribution >= 0.6 is 0 Å². The second-order valence-electron chi connectivity index (χ2n) is 10.6. The average Bonchev–Trinajstić information content (AvgIpc) is 2.82. The first-order chi connectivity index (χ1) is 16.9. The van der Waals surface area contributed by atoms with Crippen LogP contribution in [0.15, 0.2) is 0 Å². The third-order valence-electron chi connectivity index (χ3n) is 6.40. The van der Waals surface area contributed by atoms with Gasteiger partial charge >= 0.3 is 0 Å². The van der Waals surface area contributed by atoms with Crippen molar-refractivity contribution in [1.29, 1.82) is 0 Å². The van der Waals surface area contributed by atoms with E-state index in [4.69, 9.17) is 1.37 Å². The van der Waals surface area contributed by atoms with E-state index < -0.39 is 0 Å². The van der Waals surface area contributed by atoms with Gasteiger partial charge in [0.15, 0.2) is 0 Å². The van der Waals surface area contributed by atoms with Crippen molar-refractivity contribution in [2.75, 3.05) is 0 Å². The third-order valence-corrected chi connectivity index (χ3v) is 6.40. The Morgan fingerprint density at radius 1 is 0.553 bits per heavy atom. The first kappa shape index (κ1) is 54.6. The minimum Gasteiger partial charge on any atom is -0.358 e. The van der Waals surface area contributed by atoms with Gasteiger partial charge in [-0.05, 0) is 26.0 Å². The molecule has 0 heterocycles. The van der Waals surface area contributed by atoms with Crippen molar-refractivity contribution in [3.8, 4) is 0 Å². The standard InChI is InChI=1S/C26H54.C3H8.C3H7.C2H5.2CH4.CH3.V/c1-5-8-11-14-16-19-22-25-26(4,23-20-17-13-10-7-3)24-21-18-15-12-9-6-2;2*1-3-2;1-2;;;;/h5-25H2,1-4H3;3H2,1-2H3;3H,1-2H3;1H2,2H3;2*1H4;1H3;/q;;2*-1;;;-1;/i;;;2T;;;;. The van der Waals surface area contributed by atoms with Crippen molar-refractivity contribution < 1.29 is 19.9 Å². The van der Waals surface area contributed by atoms with Crippen LogP contribution in [0.2, 0.25) is 0 Å². The maximum absolute atomic E-state index is 6.10. The molecule has 0 spiro atoms. The Bertz CT molecular complexity index is 303. The van der Waals surface area contributed by atoms with E-state index in [1.807, 2.05) is 20.3 Å². The minimum atomic E-state index is 0. The Hall–Kier alpha value is 0.584. The summed E-state index contributed by atoms with van der Waals surface area (Å²) in [5.41, 5.74) is 0.639. The normalized spacial score (nSPS) is 10.9. The summed E-state index contributed by atoms with van der Waals surface area (Å²) in [7, 11) is 0. The SMILES string of the molecule is C.C.CCC.CCCCCCCCCC(C)(CCCCCCC)CCCCCCCC.C[CH-]C.[3H]C[CH2-].[CH3-].[V]. The van der Waals surface area contributed by atoms with Crippen molar-refractivity contribution >= 4 is 0 Å². The summed E-state index contributed by atoms with van der Waals surface area (Å²) < 4.78 is 6.10. The Labute approximate surface area is 263 Å². The second kappa shape index (κ2) is 57.5. The number of hydrogen-bond donors (Lipinski definition) is 0. The van der Waals surface area contributed by atoms with Crippen LogP contribution in [0.25, 0.3) is 0 Å². The van der Waals surface area contributed by atoms with E-state index in [1.165, 1.54) is 141 Å². The maximum Gasteiger partial charge on any atom is 0 e. The molecular weight excluding hydrogens is 495 g/mol. The molecule has 0 aliphatic carbocycles. The molecule has 0 fully saturated rings. The first-order valence-corrected chi connectivity index (χ1v) is 15.8. The van der Waals surface area contributed by atoms with E-state index in [1.54, 1.807) is 0 Å². The van der Waals surface area contributed by atoms with E-state index in [0.29, 0.717) is 5.41 Å². The molecule has 0 aliphatic rings. The van der Waals surface area contributed by atoms with Gasteiger partial charge in [0.25, 0.3) is 0 Å². The van der Waals surface area contributed by atoms with Gasteiger partial charge in [0.1, 0.15) is 0 Å². The molecule has 0 amide bonds. The second-order valence-corrected chi connectivity index (χ2v) is 10.6. The molecule has 0 aromatic heterocycles. The topological polar surface area (TPSA) is 0 Å². The molecular formula is C37H85V-3. The van der Waals surface area contributed by atoms with Crippen LogP contribution in [-0.4, -0.2) is 0 Å². The predicted molar refractivity (Wildman–Crippen MR) is 185 cm³/mol. The van der Waals surface area contributed by atoms with Gasteiger partial charge in [-0.3, -0.25) is 0 Å². The molecule has 0 aliphatic heterocycles. The van der Waals surface area contributed by atoms with Crippen LogP contribution in [0.4, 0.5) is 0 Å². The monoisotopic (exact) mass is 583 g/mol. The molecule has 0 nitrogen and oxygen atoms in total. The zero-order chi connectivity index (χ0) is 27.5. The zero-order valence-corrected chi connectivity index (χ0v) is 28.9. The van der Waals surface area contributed by atoms with Gasteiger partial charge in [-0.25, -0.2) is 0 Å². The van der Waals surface area contributed by atoms with E-state index in [-0.39, 0.29) is 47.7 Å². The molecule has 0 aromatic rings. The summed E-state index contributed by atoms with van der Waals surface area (Å²) in [5, 5.41) is 0. The molecule has 1 heteroatoms. The van der Waals surface area contributed by atoms with E-state index in [0.717, 1.165) is 0 Å². The zero-order valence-electron chi connectivity index (χ0n) is 28.5. The van der Waals surface area contributed by atoms with Crippen molar-refractivity contribution in [2.45, 2.75) is 218 Å². The Morgan fingerprint density at radius 2 is 0.711 bits per heavy atom. The van der Waals surface area contributed by atoms with Gasteiger partial charge in [0.2, 0.25) is 0 Å². The van der Waals surface area contributed by atoms with Crippen LogP contribution in [0.5, 0.6) is 0 Å². The molecule has 1 radical (unpaired) electrons. The molecule has 0 rings (SSSR count). The Balaban J connectivity index is -0.000000108. The summed E-state index contributed by atoms with van der Waals surface area (Å²) >= 11 is 0. The third kappa shape index (κ3) is 60.9. The molecule has 0 bridgehead atoms. The van der Waals surface area contributed by atoms with Crippen LogP contribution in [0.3, 0.4) is 0 Å². The van der Waals surface area contributed by atoms with Gasteiger partial charge in [-0.15, -0.1) is 0 Å². The molecule has 38 heavy (non-hydrogen) atoms. The molecule has 1 atom stereocenters. The molecule has 0 saturated carbocycles. The van der Waals surface area contributed by atoms with Crippen LogP contribution < -0.4 is 0 Å². The van der Waals surface area contributed by atoms with Crippen molar-refractivity contribution in [1.82, 2.24) is 0 Å². The quantitative estimate of drug-likeness (QED) is 0.0932. The van der Waals surface area contributed by atoms with E-state index >= 15 is 0 Å². The van der Waals surface area contributed by atoms with E-state index in [2.05, 4.69) is 48.5 Å². The number of unbranched alkanes of at least 4 members (excludes halogenated alkanes) is 15. The van der Waals surface area contributed by atoms with E-state index in [9.17, 15) is 0 Å². The fourth-order valence-electron chi connectivity index (χ4n) is 4.37. The smallest absolute Gasteiger partial charge is 0 e. The van der Waals surface area contributed by atoms with Gasteiger partial charge in [-0.1, -0.05) is 178 Å². The van der Waals surface area contributed by atoms with Crippen LogP contribution in [0.1, 0.15) is 220 Å². The summed E-state index contributed by atoms with van der Waals surface area (Å²) in [4.78, 5) is 0. The van der Waals surface area contributed by atoms with Crippen molar-refractivity contribution in [2.24, 2.45) is 5.41 Å².